The number of nitrogens with two attached hydrogens (primary N) is 1. The Hall–Kier alpha value is -2.27. The molecule has 29 heavy (non-hydrogen) atoms. The molecule has 2 fully saturated rings. The fourth-order valence-corrected chi connectivity index (χ4v) is 5.07. The van der Waals surface area contributed by atoms with Crippen LogP contribution in [0.5, 0.6) is 0 Å². The van der Waals surface area contributed by atoms with Gasteiger partial charge in [-0.3, -0.25) is 9.36 Å². The molecule has 1 aliphatic heterocycles. The highest BCUT2D eigenvalue weighted by Gasteiger charge is 2.33. The number of nitrogens with zero attached hydrogens (tertiary/aromatic N) is 4. The van der Waals surface area contributed by atoms with Crippen LogP contribution >= 0.6 is 0 Å². The monoisotopic (exact) mass is 424 g/mol. The summed E-state index contributed by atoms with van der Waals surface area (Å²) in [4.78, 5) is 21.4. The van der Waals surface area contributed by atoms with Gasteiger partial charge in [0.15, 0.2) is 0 Å². The van der Waals surface area contributed by atoms with Gasteiger partial charge in [-0.25, -0.2) is 17.8 Å². The molecule has 4 rings (SSSR count). The number of nitrogen functional groups attached to an aromatic ring is 1. The molecule has 3 N–H and O–H groups in total. The van der Waals surface area contributed by atoms with Crippen LogP contribution < -0.4 is 16.6 Å². The van der Waals surface area contributed by atoms with Gasteiger partial charge in [0.2, 0.25) is 16.0 Å². The molecule has 3 heterocycles. The number of alkyl halides is 1. The van der Waals surface area contributed by atoms with Gasteiger partial charge in [0.05, 0.1) is 18.0 Å². The number of nitrogens with one attached hydrogen (secondary N) is 1. The Bertz CT molecular complexity index is 1080. The van der Waals surface area contributed by atoms with Crippen molar-refractivity contribution in [3.63, 3.8) is 0 Å². The Labute approximate surface area is 168 Å². The van der Waals surface area contributed by atoms with E-state index in [9.17, 15) is 17.6 Å². The molecular formula is C18H25FN6O3S. The number of halogens is 1. The molecule has 0 bridgehead atoms. The Morgan fingerprint density at radius 2 is 2.00 bits per heavy atom. The number of hydrogen-bond acceptors (Lipinski definition) is 7. The van der Waals surface area contributed by atoms with Crippen molar-refractivity contribution in [2.75, 3.05) is 30.4 Å². The highest BCUT2D eigenvalue weighted by Crippen LogP contribution is 2.31. The lowest BCUT2D eigenvalue weighted by Gasteiger charge is -2.33. The summed E-state index contributed by atoms with van der Waals surface area (Å²) in [7, 11) is -3.42. The average molecular weight is 425 g/mol. The van der Waals surface area contributed by atoms with Gasteiger partial charge in [-0.05, 0) is 25.3 Å². The van der Waals surface area contributed by atoms with Gasteiger partial charge in [-0.1, -0.05) is 12.8 Å². The molecule has 2 aliphatic rings. The van der Waals surface area contributed by atoms with E-state index in [0.717, 1.165) is 36.2 Å². The summed E-state index contributed by atoms with van der Waals surface area (Å²) in [6.07, 6.45) is 5.44. The fraction of sp³-hybridized carbons (Fsp3) is 0.611. The molecular weight excluding hydrogens is 399 g/mol. The lowest BCUT2D eigenvalue weighted by Crippen LogP contribution is -2.49. The molecule has 2 atom stereocenters. The van der Waals surface area contributed by atoms with Gasteiger partial charge in [-0.2, -0.15) is 9.29 Å². The zero-order valence-electron chi connectivity index (χ0n) is 16.2. The van der Waals surface area contributed by atoms with E-state index in [1.165, 1.54) is 0 Å². The third-order valence-corrected chi connectivity index (χ3v) is 7.05. The quantitative estimate of drug-likeness (QED) is 0.758. The topological polar surface area (TPSA) is 123 Å². The van der Waals surface area contributed by atoms with E-state index >= 15 is 0 Å². The van der Waals surface area contributed by atoms with Gasteiger partial charge in [0.1, 0.15) is 11.8 Å². The highest BCUT2D eigenvalue weighted by atomic mass is 32.2. The molecule has 9 nitrogen and oxygen atoms in total. The summed E-state index contributed by atoms with van der Waals surface area (Å²) in [6, 6.07) is 1.00. The van der Waals surface area contributed by atoms with Crippen molar-refractivity contribution in [2.45, 2.75) is 50.4 Å². The van der Waals surface area contributed by atoms with Crippen LogP contribution in [0.1, 0.15) is 38.1 Å². The minimum atomic E-state index is -3.42. The molecule has 1 saturated heterocycles. The molecule has 11 heteroatoms. The van der Waals surface area contributed by atoms with Gasteiger partial charge < -0.3 is 11.1 Å². The first kappa shape index (κ1) is 20.0. The van der Waals surface area contributed by atoms with Crippen molar-refractivity contribution >= 4 is 32.7 Å². The maximum atomic E-state index is 14.6. The highest BCUT2D eigenvalue weighted by molar-refractivity contribution is 7.88. The molecule has 2 aromatic heterocycles. The molecule has 2 aromatic rings. The number of aromatic nitrogens is 3. The summed E-state index contributed by atoms with van der Waals surface area (Å²) in [5, 5.41) is 3.64. The molecule has 0 aromatic carbocycles. The third-order valence-electron chi connectivity index (χ3n) is 5.78. The van der Waals surface area contributed by atoms with Crippen molar-refractivity contribution in [2.24, 2.45) is 0 Å². The number of pyridine rings is 1. The van der Waals surface area contributed by atoms with Crippen LogP contribution in [0, 0.1) is 0 Å². The van der Waals surface area contributed by atoms with E-state index in [4.69, 9.17) is 5.73 Å². The van der Waals surface area contributed by atoms with E-state index in [2.05, 4.69) is 15.3 Å². The first-order valence-corrected chi connectivity index (χ1v) is 11.6. The zero-order valence-corrected chi connectivity index (χ0v) is 17.0. The first-order chi connectivity index (χ1) is 13.7. The van der Waals surface area contributed by atoms with E-state index in [1.54, 1.807) is 16.8 Å². The van der Waals surface area contributed by atoms with Gasteiger partial charge in [-0.15, -0.1) is 0 Å². The van der Waals surface area contributed by atoms with Crippen molar-refractivity contribution in [3.8, 4) is 0 Å². The maximum absolute atomic E-state index is 14.6. The molecule has 0 unspecified atom stereocenters. The minimum absolute atomic E-state index is 0.0446. The number of fused-ring (bicyclic) bond motifs is 1. The second-order valence-electron chi connectivity index (χ2n) is 7.86. The van der Waals surface area contributed by atoms with Crippen molar-refractivity contribution in [1.29, 1.82) is 0 Å². The minimum Gasteiger partial charge on any atom is -0.394 e. The normalized spacial score (nSPS) is 24.2. The summed E-state index contributed by atoms with van der Waals surface area (Å²) < 4.78 is 40.6. The van der Waals surface area contributed by atoms with Crippen LogP contribution in [-0.4, -0.2) is 58.8 Å². The molecule has 0 amide bonds. The van der Waals surface area contributed by atoms with Crippen molar-refractivity contribution < 1.29 is 12.8 Å². The lowest BCUT2D eigenvalue weighted by molar-refractivity contribution is 0.186. The number of sulfonamides is 1. The van der Waals surface area contributed by atoms with Gasteiger partial charge in [0.25, 0.3) is 5.56 Å². The molecule has 0 spiro atoms. The van der Waals surface area contributed by atoms with Crippen LogP contribution in [0.15, 0.2) is 17.1 Å². The number of anilines is 2. The Balaban J connectivity index is 1.63. The smallest absolute Gasteiger partial charge is 0.275 e. The lowest BCUT2D eigenvalue weighted by atomic mass is 10.1. The fourth-order valence-electron chi connectivity index (χ4n) is 4.22. The SMILES string of the molecule is CS(=O)(=O)N1CC[C@@H](Nc2ncc3cc(N)c(=O)n(C4CCCC4)c3n2)[C@@H](F)C1. The summed E-state index contributed by atoms with van der Waals surface area (Å²) >= 11 is 0. The van der Waals surface area contributed by atoms with Crippen LogP contribution in [0.3, 0.4) is 0 Å². The predicted octanol–water partition coefficient (Wildman–Crippen LogP) is 1.27. The van der Waals surface area contributed by atoms with E-state index < -0.39 is 22.2 Å². The Kier molecular flexibility index (Phi) is 5.19. The number of piperidine rings is 1. The molecule has 158 valence electrons. The van der Waals surface area contributed by atoms with Crippen molar-refractivity contribution in [1.82, 2.24) is 18.8 Å². The average Bonchev–Trinajstić information content (AvgIpc) is 3.18. The van der Waals surface area contributed by atoms with Crippen LogP contribution in [0.2, 0.25) is 0 Å². The summed E-state index contributed by atoms with van der Waals surface area (Å²) in [5.74, 6) is 0.217. The predicted molar refractivity (Wildman–Crippen MR) is 109 cm³/mol. The molecule has 1 saturated carbocycles. The standard InChI is InChI=1S/C18H25FN6O3S/c1-29(27,28)24-7-6-15(13(19)10-24)22-18-21-9-11-8-14(20)17(26)25(16(11)23-18)12-4-2-3-5-12/h8-9,12-13,15H,2-7,10,20H2,1H3,(H,21,22,23)/t13-,15+/m0/s1. The summed E-state index contributed by atoms with van der Waals surface area (Å²) in [5.41, 5.74) is 6.28. The van der Waals surface area contributed by atoms with Gasteiger partial charge >= 0.3 is 0 Å². The second kappa shape index (κ2) is 7.52. The van der Waals surface area contributed by atoms with Crippen molar-refractivity contribution in [3.05, 3.63) is 22.6 Å². The number of rotatable bonds is 4. The third kappa shape index (κ3) is 3.93. The number of hydrogen-bond donors (Lipinski definition) is 2. The maximum Gasteiger partial charge on any atom is 0.275 e. The largest absolute Gasteiger partial charge is 0.394 e. The zero-order chi connectivity index (χ0) is 20.8. The second-order valence-corrected chi connectivity index (χ2v) is 9.84. The van der Waals surface area contributed by atoms with Crippen LogP contribution in [0.25, 0.3) is 11.0 Å². The summed E-state index contributed by atoms with van der Waals surface area (Å²) in [6.45, 7) is 0.0290. The van der Waals surface area contributed by atoms with Gasteiger partial charge in [0, 0.05) is 30.7 Å². The first-order valence-electron chi connectivity index (χ1n) is 9.77. The Morgan fingerprint density at radius 3 is 2.66 bits per heavy atom. The van der Waals surface area contributed by atoms with Crippen LogP contribution in [-0.2, 0) is 10.0 Å². The Morgan fingerprint density at radius 1 is 1.28 bits per heavy atom. The van der Waals surface area contributed by atoms with Crippen LogP contribution in [0.4, 0.5) is 16.0 Å². The van der Waals surface area contributed by atoms with E-state index in [1.807, 2.05) is 0 Å². The molecule has 0 radical (unpaired) electrons. The molecule has 1 aliphatic carbocycles. The van der Waals surface area contributed by atoms with E-state index in [0.29, 0.717) is 17.5 Å². The van der Waals surface area contributed by atoms with E-state index in [-0.39, 0.29) is 36.3 Å².